The number of hydrogen-bond acceptors (Lipinski definition) is 7. The van der Waals surface area contributed by atoms with Gasteiger partial charge in [0.1, 0.15) is 5.75 Å². The van der Waals surface area contributed by atoms with E-state index in [-0.39, 0.29) is 23.5 Å². The average Bonchev–Trinajstić information content (AvgIpc) is 3.31. The van der Waals surface area contributed by atoms with Crippen molar-refractivity contribution in [2.45, 2.75) is 31.7 Å². The molecule has 7 nitrogen and oxygen atoms in total. The van der Waals surface area contributed by atoms with Crippen LogP contribution in [-0.4, -0.2) is 32.0 Å². The smallest absolute Gasteiger partial charge is 0.262 e. The van der Waals surface area contributed by atoms with Gasteiger partial charge in [-0.15, -0.1) is 22.7 Å². The molecule has 4 aromatic rings. The quantitative estimate of drug-likeness (QED) is 0.409. The molecule has 1 amide bonds. The second-order valence-corrected chi connectivity index (χ2v) is 11.1. The lowest BCUT2D eigenvalue weighted by Gasteiger charge is -2.11. The molecule has 0 aliphatic carbocycles. The van der Waals surface area contributed by atoms with Crippen molar-refractivity contribution in [1.29, 1.82) is 0 Å². The van der Waals surface area contributed by atoms with Gasteiger partial charge in [0.2, 0.25) is 10.0 Å². The van der Waals surface area contributed by atoms with Crippen LogP contribution in [0.5, 0.6) is 5.75 Å². The predicted molar refractivity (Wildman–Crippen MR) is 126 cm³/mol. The molecule has 0 saturated heterocycles. The number of sulfonamides is 1. The Morgan fingerprint density at radius 2 is 1.94 bits per heavy atom. The van der Waals surface area contributed by atoms with Crippen molar-refractivity contribution in [3.63, 3.8) is 0 Å². The maximum Gasteiger partial charge on any atom is 0.262 e. The van der Waals surface area contributed by atoms with Crippen LogP contribution in [0.3, 0.4) is 0 Å². The molecule has 2 aromatic heterocycles. The van der Waals surface area contributed by atoms with Crippen molar-refractivity contribution in [1.82, 2.24) is 9.71 Å². The van der Waals surface area contributed by atoms with Gasteiger partial charge in [-0.3, -0.25) is 4.79 Å². The molecule has 31 heavy (non-hydrogen) atoms. The Balaban J connectivity index is 1.44. The number of benzene rings is 2. The second-order valence-electron chi connectivity index (χ2n) is 7.25. The van der Waals surface area contributed by atoms with Gasteiger partial charge in [0.05, 0.1) is 24.8 Å². The number of nitrogens with one attached hydrogen (secondary N) is 2. The first kappa shape index (κ1) is 21.7. The summed E-state index contributed by atoms with van der Waals surface area (Å²) in [4.78, 5) is 17.1. The third-order valence-electron chi connectivity index (χ3n) is 4.37. The van der Waals surface area contributed by atoms with Crippen molar-refractivity contribution in [3.05, 3.63) is 46.8 Å². The molecule has 0 aliphatic heterocycles. The number of hydrogen-bond donors (Lipinski definition) is 2. The van der Waals surface area contributed by atoms with Crippen LogP contribution in [0.4, 0.5) is 5.69 Å². The van der Waals surface area contributed by atoms with E-state index in [9.17, 15) is 13.2 Å². The molecule has 0 unspecified atom stereocenters. The number of thiazole rings is 1. The third kappa shape index (κ3) is 4.72. The van der Waals surface area contributed by atoms with Gasteiger partial charge in [-0.2, -0.15) is 0 Å². The topological polar surface area (TPSA) is 97.4 Å². The lowest BCUT2D eigenvalue weighted by molar-refractivity contribution is -0.118. The second kappa shape index (κ2) is 8.54. The maximum absolute atomic E-state index is 12.4. The molecular formula is C21H21N3O4S3. The lowest BCUT2D eigenvalue weighted by atomic mass is 10.2. The molecule has 0 aliphatic rings. The van der Waals surface area contributed by atoms with Crippen LogP contribution in [0, 0.1) is 6.92 Å². The molecule has 4 rings (SSSR count). The zero-order chi connectivity index (χ0) is 22.2. The fourth-order valence-corrected chi connectivity index (χ4v) is 6.23. The number of rotatable bonds is 7. The summed E-state index contributed by atoms with van der Waals surface area (Å²) in [5.74, 6) is 0.309. The molecule has 2 N–H and O–H groups in total. The van der Waals surface area contributed by atoms with Gasteiger partial charge in [0.25, 0.3) is 5.91 Å². The van der Waals surface area contributed by atoms with E-state index < -0.39 is 10.0 Å². The summed E-state index contributed by atoms with van der Waals surface area (Å²) in [6.45, 7) is 5.31. The van der Waals surface area contributed by atoms with Gasteiger partial charge < -0.3 is 10.1 Å². The highest BCUT2D eigenvalue weighted by atomic mass is 32.2. The Morgan fingerprint density at radius 1 is 1.19 bits per heavy atom. The monoisotopic (exact) mass is 475 g/mol. The van der Waals surface area contributed by atoms with Gasteiger partial charge >= 0.3 is 0 Å². The number of fused-ring (bicyclic) bond motifs is 3. The van der Waals surface area contributed by atoms with E-state index >= 15 is 0 Å². The van der Waals surface area contributed by atoms with Gasteiger partial charge in [-0.1, -0.05) is 0 Å². The molecule has 10 heteroatoms. The Hall–Kier alpha value is -2.53. The number of thiophene rings is 1. The van der Waals surface area contributed by atoms with Crippen LogP contribution in [0.2, 0.25) is 0 Å². The summed E-state index contributed by atoms with van der Waals surface area (Å²) < 4.78 is 34.8. The van der Waals surface area contributed by atoms with E-state index in [4.69, 9.17) is 4.74 Å². The fourth-order valence-electron chi connectivity index (χ4n) is 3.14. The number of anilines is 1. The first-order valence-corrected chi connectivity index (χ1v) is 12.7. The first-order chi connectivity index (χ1) is 14.7. The Labute approximate surface area is 188 Å². The number of amides is 1. The summed E-state index contributed by atoms with van der Waals surface area (Å²) in [7, 11) is -3.57. The predicted octanol–water partition coefficient (Wildman–Crippen LogP) is 4.52. The van der Waals surface area contributed by atoms with Gasteiger partial charge in [-0.05, 0) is 56.5 Å². The molecule has 0 spiro atoms. The van der Waals surface area contributed by atoms with Gasteiger partial charge in [-0.25, -0.2) is 18.1 Å². The highest BCUT2D eigenvalue weighted by Crippen LogP contribution is 2.38. The largest absolute Gasteiger partial charge is 0.483 e. The minimum atomic E-state index is -3.57. The van der Waals surface area contributed by atoms with E-state index in [1.165, 1.54) is 12.1 Å². The van der Waals surface area contributed by atoms with Crippen molar-refractivity contribution in [3.8, 4) is 5.75 Å². The number of ether oxygens (including phenoxy) is 1. The van der Waals surface area contributed by atoms with E-state index in [1.807, 2.05) is 24.4 Å². The number of nitrogens with zero attached hydrogens (tertiary/aromatic N) is 1. The first-order valence-electron chi connectivity index (χ1n) is 9.55. The Morgan fingerprint density at radius 3 is 2.65 bits per heavy atom. The van der Waals surface area contributed by atoms with Gasteiger partial charge in [0.15, 0.2) is 6.61 Å². The molecule has 0 atom stereocenters. The van der Waals surface area contributed by atoms with Crippen LogP contribution in [0.1, 0.15) is 18.9 Å². The molecule has 0 bridgehead atoms. The highest BCUT2D eigenvalue weighted by molar-refractivity contribution is 7.89. The lowest BCUT2D eigenvalue weighted by Crippen LogP contribution is -2.30. The summed E-state index contributed by atoms with van der Waals surface area (Å²) in [5, 5.41) is 6.62. The van der Waals surface area contributed by atoms with Crippen molar-refractivity contribution >= 4 is 64.6 Å². The molecule has 2 heterocycles. The normalized spacial score (nSPS) is 12.0. The van der Waals surface area contributed by atoms with Crippen LogP contribution in [-0.2, 0) is 14.8 Å². The summed E-state index contributed by atoms with van der Waals surface area (Å²) in [6.07, 6.45) is 0. The minimum Gasteiger partial charge on any atom is -0.483 e. The number of carbonyl (C=O) groups excluding carboxylic acids is 1. The Bertz CT molecular complexity index is 1360. The van der Waals surface area contributed by atoms with Crippen LogP contribution in [0.15, 0.2) is 46.7 Å². The molecule has 2 aromatic carbocycles. The minimum absolute atomic E-state index is 0.142. The molecule has 0 fully saturated rings. The van der Waals surface area contributed by atoms with E-state index in [1.54, 1.807) is 48.7 Å². The summed E-state index contributed by atoms with van der Waals surface area (Å²) in [6, 6.07) is 9.69. The molecule has 162 valence electrons. The van der Waals surface area contributed by atoms with Crippen molar-refractivity contribution < 1.29 is 17.9 Å². The summed E-state index contributed by atoms with van der Waals surface area (Å²) in [5.41, 5.74) is 1.46. The van der Waals surface area contributed by atoms with Crippen molar-refractivity contribution in [2.75, 3.05) is 11.9 Å². The molecule has 0 radical (unpaired) electrons. The summed E-state index contributed by atoms with van der Waals surface area (Å²) >= 11 is 3.19. The molecular weight excluding hydrogens is 454 g/mol. The zero-order valence-corrected chi connectivity index (χ0v) is 19.6. The number of aryl methyl sites for hydroxylation is 1. The van der Waals surface area contributed by atoms with Gasteiger partial charge in [0, 0.05) is 23.2 Å². The van der Waals surface area contributed by atoms with Crippen LogP contribution < -0.4 is 14.8 Å². The third-order valence-corrected chi connectivity index (χ3v) is 7.88. The van der Waals surface area contributed by atoms with E-state index in [0.717, 1.165) is 25.3 Å². The zero-order valence-electron chi connectivity index (χ0n) is 17.1. The van der Waals surface area contributed by atoms with Crippen molar-refractivity contribution in [2.24, 2.45) is 0 Å². The number of carbonyl (C=O) groups is 1. The maximum atomic E-state index is 12.4. The SMILES string of the molecule is Cc1nc2c(cc(OCC(=O)Nc3ccc(S(=O)(=O)NC(C)C)cc3)c3ccsc32)s1. The van der Waals surface area contributed by atoms with E-state index in [0.29, 0.717) is 11.4 Å². The number of aromatic nitrogens is 1. The molecule has 0 saturated carbocycles. The highest BCUT2D eigenvalue weighted by Gasteiger charge is 2.16. The Kier molecular flexibility index (Phi) is 5.98. The van der Waals surface area contributed by atoms with Crippen LogP contribution >= 0.6 is 22.7 Å². The fraction of sp³-hybridized carbons (Fsp3) is 0.238. The van der Waals surface area contributed by atoms with Crippen LogP contribution in [0.25, 0.3) is 20.3 Å². The van der Waals surface area contributed by atoms with E-state index in [2.05, 4.69) is 15.0 Å². The standard InChI is InChI=1S/C21H21N3O4S3/c1-12(2)24-31(26,27)15-6-4-14(5-7-15)23-19(25)11-28-17-10-18-20(22-13(3)30-18)21-16(17)8-9-29-21/h4-10,12,24H,11H2,1-3H3,(H,23,25). The average molecular weight is 476 g/mol.